The first-order valence-electron chi connectivity index (χ1n) is 8.82. The quantitative estimate of drug-likeness (QED) is 0.672. The van der Waals surface area contributed by atoms with Crippen molar-refractivity contribution in [3.8, 4) is 11.8 Å². The fraction of sp³-hybridized carbons (Fsp3) is 0.364. The van der Waals surface area contributed by atoms with Crippen molar-refractivity contribution >= 4 is 0 Å². The van der Waals surface area contributed by atoms with Crippen LogP contribution in [0.15, 0.2) is 60.7 Å². The van der Waals surface area contributed by atoms with Crippen LogP contribution in [0.25, 0.3) is 0 Å². The van der Waals surface area contributed by atoms with Crippen LogP contribution in [-0.4, -0.2) is 36.0 Å². The smallest absolute Gasteiger partial charge is 0.139 e. The van der Waals surface area contributed by atoms with Crippen LogP contribution in [0.1, 0.15) is 31.4 Å². The van der Waals surface area contributed by atoms with E-state index in [2.05, 4.69) is 25.7 Å². The van der Waals surface area contributed by atoms with E-state index >= 15 is 0 Å². The maximum atomic E-state index is 11.4. The molecule has 0 aliphatic carbocycles. The SMILES string of the molecule is CC(C)[NH+](CC#CCC(O)(c1ccccc1)c1ccccc1)CCO. The Morgan fingerprint density at radius 1 is 0.920 bits per heavy atom. The number of hydrogen-bond donors (Lipinski definition) is 3. The van der Waals surface area contributed by atoms with Crippen molar-refractivity contribution in [2.45, 2.75) is 31.9 Å². The third-order valence-corrected chi connectivity index (χ3v) is 4.54. The zero-order chi connectivity index (χ0) is 18.1. The van der Waals surface area contributed by atoms with E-state index < -0.39 is 5.60 Å². The summed E-state index contributed by atoms with van der Waals surface area (Å²) in [5, 5.41) is 20.5. The molecular weight excluding hydrogens is 310 g/mol. The summed E-state index contributed by atoms with van der Waals surface area (Å²) in [6.45, 7) is 5.76. The summed E-state index contributed by atoms with van der Waals surface area (Å²) in [5.74, 6) is 6.35. The van der Waals surface area contributed by atoms with Crippen molar-refractivity contribution in [3.05, 3.63) is 71.8 Å². The Hall–Kier alpha value is -2.12. The first-order chi connectivity index (χ1) is 12.1. The number of nitrogens with one attached hydrogen (secondary N) is 1. The molecule has 0 amide bonds. The number of quaternary nitrogens is 1. The highest BCUT2D eigenvalue weighted by molar-refractivity contribution is 5.37. The predicted molar refractivity (Wildman–Crippen MR) is 101 cm³/mol. The molecule has 3 heteroatoms. The minimum atomic E-state index is -1.12. The van der Waals surface area contributed by atoms with E-state index in [1.54, 1.807) is 0 Å². The van der Waals surface area contributed by atoms with Crippen molar-refractivity contribution in [1.29, 1.82) is 0 Å². The van der Waals surface area contributed by atoms with Crippen LogP contribution < -0.4 is 4.90 Å². The fourth-order valence-corrected chi connectivity index (χ4v) is 2.89. The third kappa shape index (κ3) is 5.17. The molecule has 0 radical (unpaired) electrons. The number of rotatable bonds is 7. The van der Waals surface area contributed by atoms with Gasteiger partial charge in [-0.15, -0.1) is 0 Å². The van der Waals surface area contributed by atoms with Gasteiger partial charge in [0.25, 0.3) is 0 Å². The van der Waals surface area contributed by atoms with E-state index in [1.165, 1.54) is 4.90 Å². The molecule has 3 nitrogen and oxygen atoms in total. The normalized spacial score (nSPS) is 12.5. The molecular formula is C22H28NO2+. The van der Waals surface area contributed by atoms with Crippen LogP contribution in [0.5, 0.6) is 0 Å². The monoisotopic (exact) mass is 338 g/mol. The highest BCUT2D eigenvalue weighted by Gasteiger charge is 2.30. The van der Waals surface area contributed by atoms with Crippen molar-refractivity contribution in [1.82, 2.24) is 0 Å². The van der Waals surface area contributed by atoms with Gasteiger partial charge in [0.15, 0.2) is 0 Å². The molecule has 0 spiro atoms. The summed E-state index contributed by atoms with van der Waals surface area (Å²) in [6.07, 6.45) is 0.339. The Bertz CT molecular complexity index is 647. The fourth-order valence-electron chi connectivity index (χ4n) is 2.89. The standard InChI is InChI=1S/C22H27NO2/c1-19(2)23(17-18-24)16-10-9-15-22(25,20-11-5-3-6-12-20)21-13-7-4-8-14-21/h3-8,11-14,19,24-25H,15-18H2,1-2H3/p+1. The molecule has 3 N–H and O–H groups in total. The maximum absolute atomic E-state index is 11.4. The highest BCUT2D eigenvalue weighted by Crippen LogP contribution is 2.32. The van der Waals surface area contributed by atoms with E-state index in [4.69, 9.17) is 5.11 Å². The van der Waals surface area contributed by atoms with Gasteiger partial charge in [-0.05, 0) is 30.9 Å². The molecule has 2 aromatic carbocycles. The van der Waals surface area contributed by atoms with Gasteiger partial charge in [-0.2, -0.15) is 0 Å². The molecule has 0 fully saturated rings. The summed E-state index contributed by atoms with van der Waals surface area (Å²) < 4.78 is 0. The molecule has 1 unspecified atom stereocenters. The van der Waals surface area contributed by atoms with Crippen LogP contribution in [-0.2, 0) is 5.60 Å². The molecule has 0 heterocycles. The molecule has 0 bridgehead atoms. The van der Waals surface area contributed by atoms with Gasteiger partial charge >= 0.3 is 0 Å². The molecule has 1 atom stereocenters. The van der Waals surface area contributed by atoms with Gasteiger partial charge in [-0.3, -0.25) is 0 Å². The number of aliphatic hydroxyl groups excluding tert-OH is 1. The summed E-state index contributed by atoms with van der Waals surface area (Å²) >= 11 is 0. The largest absolute Gasteiger partial charge is 0.391 e. The first-order valence-corrected chi connectivity index (χ1v) is 8.82. The molecule has 2 rings (SSSR count). The molecule has 0 saturated heterocycles. The van der Waals surface area contributed by atoms with Gasteiger partial charge in [0.2, 0.25) is 0 Å². The van der Waals surface area contributed by atoms with Gasteiger partial charge in [-0.25, -0.2) is 0 Å². The number of aliphatic hydroxyl groups is 2. The van der Waals surface area contributed by atoms with Crippen LogP contribution >= 0.6 is 0 Å². The lowest BCUT2D eigenvalue weighted by Crippen LogP contribution is -3.15. The molecule has 0 aliphatic rings. The molecule has 0 saturated carbocycles. The van der Waals surface area contributed by atoms with Gasteiger partial charge in [0, 0.05) is 6.42 Å². The lowest BCUT2D eigenvalue weighted by atomic mass is 9.84. The third-order valence-electron chi connectivity index (χ3n) is 4.54. The minimum absolute atomic E-state index is 0.160. The van der Waals surface area contributed by atoms with E-state index in [-0.39, 0.29) is 6.61 Å². The van der Waals surface area contributed by atoms with Gasteiger partial charge < -0.3 is 15.1 Å². The summed E-state index contributed by atoms with van der Waals surface area (Å²) in [5.41, 5.74) is 0.572. The first kappa shape index (κ1) is 19.2. The zero-order valence-corrected chi connectivity index (χ0v) is 15.1. The Labute approximate surface area is 150 Å². The Morgan fingerprint density at radius 3 is 1.88 bits per heavy atom. The predicted octanol–water partition coefficient (Wildman–Crippen LogP) is 1.60. The van der Waals surface area contributed by atoms with Crippen molar-refractivity contribution < 1.29 is 15.1 Å². The second-order valence-corrected chi connectivity index (χ2v) is 6.59. The Balaban J connectivity index is 2.20. The van der Waals surface area contributed by atoms with Crippen LogP contribution in [0.3, 0.4) is 0 Å². The van der Waals surface area contributed by atoms with Gasteiger partial charge in [0.1, 0.15) is 18.7 Å². The lowest BCUT2D eigenvalue weighted by molar-refractivity contribution is -0.914. The average Bonchev–Trinajstić information content (AvgIpc) is 2.65. The Morgan fingerprint density at radius 2 is 1.44 bits per heavy atom. The maximum Gasteiger partial charge on any atom is 0.139 e. The van der Waals surface area contributed by atoms with E-state index in [0.717, 1.165) is 11.1 Å². The molecule has 2 aromatic rings. The second-order valence-electron chi connectivity index (χ2n) is 6.59. The molecule has 0 aromatic heterocycles. The highest BCUT2D eigenvalue weighted by atomic mass is 16.3. The van der Waals surface area contributed by atoms with Gasteiger partial charge in [0.05, 0.1) is 12.6 Å². The van der Waals surface area contributed by atoms with Crippen molar-refractivity contribution in [2.24, 2.45) is 0 Å². The lowest BCUT2D eigenvalue weighted by Gasteiger charge is -2.27. The topological polar surface area (TPSA) is 44.9 Å². The van der Waals surface area contributed by atoms with Gasteiger partial charge in [-0.1, -0.05) is 66.6 Å². The van der Waals surface area contributed by atoms with Crippen molar-refractivity contribution in [3.63, 3.8) is 0 Å². The summed E-state index contributed by atoms with van der Waals surface area (Å²) in [6, 6.07) is 19.8. The minimum Gasteiger partial charge on any atom is -0.391 e. The summed E-state index contributed by atoms with van der Waals surface area (Å²) in [4.78, 5) is 1.25. The second kappa shape index (κ2) is 9.39. The summed E-state index contributed by atoms with van der Waals surface area (Å²) in [7, 11) is 0. The van der Waals surface area contributed by atoms with E-state index in [1.807, 2.05) is 60.7 Å². The van der Waals surface area contributed by atoms with E-state index in [9.17, 15) is 5.11 Å². The number of hydrogen-bond acceptors (Lipinski definition) is 2. The van der Waals surface area contributed by atoms with Crippen molar-refractivity contribution in [2.75, 3.05) is 19.7 Å². The van der Waals surface area contributed by atoms with Crippen LogP contribution in [0.2, 0.25) is 0 Å². The molecule has 25 heavy (non-hydrogen) atoms. The Kier molecular flexibility index (Phi) is 7.21. The van der Waals surface area contributed by atoms with E-state index in [0.29, 0.717) is 25.6 Å². The van der Waals surface area contributed by atoms with Crippen LogP contribution in [0.4, 0.5) is 0 Å². The molecule has 132 valence electrons. The average molecular weight is 338 g/mol. The van der Waals surface area contributed by atoms with Crippen LogP contribution in [0, 0.1) is 11.8 Å². The number of benzene rings is 2. The molecule has 0 aliphatic heterocycles. The zero-order valence-electron chi connectivity index (χ0n) is 15.1.